The molecule has 0 unspecified atom stereocenters. The summed E-state index contributed by atoms with van der Waals surface area (Å²) in [6.45, 7) is 1.97. The first-order valence-electron chi connectivity index (χ1n) is 8.80. The number of thioether (sulfide) groups is 1. The molecule has 0 bridgehead atoms. The lowest BCUT2D eigenvalue weighted by Gasteiger charge is -2.13. The number of aryl methyl sites for hydroxylation is 1. The zero-order chi connectivity index (χ0) is 21.1. The van der Waals surface area contributed by atoms with Crippen molar-refractivity contribution in [3.05, 3.63) is 91.1 Å². The Bertz CT molecular complexity index is 1200. The van der Waals surface area contributed by atoms with Gasteiger partial charge in [-0.25, -0.2) is 9.79 Å². The summed E-state index contributed by atoms with van der Waals surface area (Å²) in [5.74, 6) is 0.0196. The van der Waals surface area contributed by atoms with Crippen molar-refractivity contribution >= 4 is 34.1 Å². The normalized spacial score (nSPS) is 11.7. The summed E-state index contributed by atoms with van der Waals surface area (Å²) in [5.41, 5.74) is 1.34. The Balaban J connectivity index is 2.14. The topological polar surface area (TPSA) is 76.6 Å². The van der Waals surface area contributed by atoms with Crippen LogP contribution in [-0.4, -0.2) is 19.3 Å². The lowest BCUT2D eigenvalue weighted by Crippen LogP contribution is -2.39. The van der Waals surface area contributed by atoms with E-state index >= 15 is 0 Å². The van der Waals surface area contributed by atoms with E-state index < -0.39 is 17.1 Å². The Morgan fingerprint density at radius 2 is 1.72 bits per heavy atom. The fourth-order valence-electron chi connectivity index (χ4n) is 2.68. The molecule has 0 radical (unpaired) electrons. The Morgan fingerprint density at radius 3 is 2.38 bits per heavy atom. The van der Waals surface area contributed by atoms with E-state index in [0.717, 1.165) is 20.3 Å². The number of benzene rings is 2. The Kier molecular flexibility index (Phi) is 6.30. The van der Waals surface area contributed by atoms with Crippen LogP contribution in [0.2, 0.25) is 5.02 Å². The van der Waals surface area contributed by atoms with Gasteiger partial charge in [-0.15, -0.1) is 11.8 Å². The summed E-state index contributed by atoms with van der Waals surface area (Å²) < 4.78 is 1.98. The van der Waals surface area contributed by atoms with E-state index in [2.05, 4.69) is 4.99 Å². The average Bonchev–Trinajstić information content (AvgIpc) is 2.71. The summed E-state index contributed by atoms with van der Waals surface area (Å²) in [6.07, 6.45) is 0. The van der Waals surface area contributed by atoms with Crippen molar-refractivity contribution in [1.29, 1.82) is 0 Å². The number of halogens is 1. The molecule has 0 aliphatic rings. The van der Waals surface area contributed by atoms with E-state index in [4.69, 9.17) is 11.6 Å². The highest BCUT2D eigenvalue weighted by Gasteiger charge is 2.21. The number of hydrogen-bond acceptors (Lipinski definition) is 5. The smallest absolute Gasteiger partial charge is 0.333 e. The Morgan fingerprint density at radius 1 is 1.07 bits per heavy atom. The average molecular weight is 430 g/mol. The predicted molar refractivity (Wildman–Crippen MR) is 119 cm³/mol. The van der Waals surface area contributed by atoms with Gasteiger partial charge in [0.1, 0.15) is 10.6 Å². The summed E-state index contributed by atoms with van der Waals surface area (Å²) in [7, 11) is 2.78. The standard InChI is InChI=1S/C21H20ClN3O3S/c1-13-8-10-15(11-9-13)23-18(29-12-14-6-4-5-7-16(14)22)17-19(26)24(2)21(28)25(3)20(17)27/h4-11,26H,12H2,1-3H3. The Hall–Kier alpha value is -2.77. The van der Waals surface area contributed by atoms with Crippen molar-refractivity contribution in [3.8, 4) is 5.88 Å². The van der Waals surface area contributed by atoms with Gasteiger partial charge in [0.25, 0.3) is 5.56 Å². The maximum Gasteiger partial charge on any atom is 0.333 e. The van der Waals surface area contributed by atoms with Gasteiger partial charge in [0.15, 0.2) is 0 Å². The fourth-order valence-corrected chi connectivity index (χ4v) is 4.00. The summed E-state index contributed by atoms with van der Waals surface area (Å²) >= 11 is 7.52. The molecule has 29 heavy (non-hydrogen) atoms. The molecule has 1 aromatic heterocycles. The molecule has 1 N–H and O–H groups in total. The van der Waals surface area contributed by atoms with Crippen LogP contribution in [-0.2, 0) is 19.8 Å². The second-order valence-corrected chi connectivity index (χ2v) is 7.91. The maximum atomic E-state index is 12.8. The highest BCUT2D eigenvalue weighted by molar-refractivity contribution is 8.13. The molecule has 8 heteroatoms. The fraction of sp³-hybridized carbons (Fsp3) is 0.190. The summed E-state index contributed by atoms with van der Waals surface area (Å²) in [6, 6.07) is 14.9. The van der Waals surface area contributed by atoms with Gasteiger partial charge in [-0.05, 0) is 30.7 Å². The van der Waals surface area contributed by atoms with Crippen molar-refractivity contribution in [3.63, 3.8) is 0 Å². The van der Waals surface area contributed by atoms with Gasteiger partial charge < -0.3 is 5.11 Å². The van der Waals surface area contributed by atoms with Crippen LogP contribution in [0.25, 0.3) is 0 Å². The van der Waals surface area contributed by atoms with E-state index in [-0.39, 0.29) is 5.56 Å². The molecular formula is C21H20ClN3O3S. The van der Waals surface area contributed by atoms with Crippen molar-refractivity contribution in [2.75, 3.05) is 0 Å². The van der Waals surface area contributed by atoms with Gasteiger partial charge in [0.05, 0.1) is 5.69 Å². The van der Waals surface area contributed by atoms with Crippen molar-refractivity contribution in [2.24, 2.45) is 19.1 Å². The van der Waals surface area contributed by atoms with Crippen LogP contribution in [0.4, 0.5) is 5.69 Å². The number of aromatic nitrogens is 2. The van der Waals surface area contributed by atoms with E-state index in [1.807, 2.05) is 49.4 Å². The van der Waals surface area contributed by atoms with Crippen LogP contribution < -0.4 is 11.2 Å². The predicted octanol–water partition coefficient (Wildman–Crippen LogP) is 3.76. The van der Waals surface area contributed by atoms with Gasteiger partial charge in [-0.2, -0.15) is 0 Å². The lowest BCUT2D eigenvalue weighted by molar-refractivity contribution is 0.410. The molecule has 3 rings (SSSR count). The molecule has 0 aliphatic heterocycles. The molecule has 6 nitrogen and oxygen atoms in total. The number of aromatic hydroxyl groups is 1. The van der Waals surface area contributed by atoms with E-state index in [0.29, 0.717) is 21.5 Å². The molecule has 0 aliphatic carbocycles. The van der Waals surface area contributed by atoms with E-state index in [9.17, 15) is 14.7 Å². The highest BCUT2D eigenvalue weighted by atomic mass is 35.5. The van der Waals surface area contributed by atoms with Crippen LogP contribution in [0.3, 0.4) is 0 Å². The molecule has 1 heterocycles. The molecule has 0 saturated carbocycles. The zero-order valence-electron chi connectivity index (χ0n) is 16.2. The molecule has 3 aromatic rings. The number of hydrogen-bond donors (Lipinski definition) is 1. The third kappa shape index (κ3) is 4.46. The van der Waals surface area contributed by atoms with Gasteiger partial charge >= 0.3 is 5.69 Å². The molecule has 0 atom stereocenters. The largest absolute Gasteiger partial charge is 0.494 e. The quantitative estimate of drug-likeness (QED) is 0.506. The highest BCUT2D eigenvalue weighted by Crippen LogP contribution is 2.27. The minimum Gasteiger partial charge on any atom is -0.494 e. The lowest BCUT2D eigenvalue weighted by atomic mass is 10.2. The number of aliphatic imine (C=N–C) groups is 1. The van der Waals surface area contributed by atoms with E-state index in [1.54, 1.807) is 6.07 Å². The first-order valence-corrected chi connectivity index (χ1v) is 10.2. The monoisotopic (exact) mass is 429 g/mol. The number of rotatable bonds is 4. The van der Waals surface area contributed by atoms with Crippen LogP contribution >= 0.6 is 23.4 Å². The van der Waals surface area contributed by atoms with Crippen LogP contribution in [0.1, 0.15) is 16.7 Å². The van der Waals surface area contributed by atoms with Gasteiger partial charge in [-0.1, -0.05) is 47.5 Å². The molecule has 0 saturated heterocycles. The van der Waals surface area contributed by atoms with Gasteiger partial charge in [0.2, 0.25) is 5.88 Å². The third-order valence-electron chi connectivity index (χ3n) is 4.43. The first-order chi connectivity index (χ1) is 13.8. The molecule has 0 fully saturated rings. The van der Waals surface area contributed by atoms with Gasteiger partial charge in [0, 0.05) is 24.9 Å². The minimum absolute atomic E-state index is 0.0211. The van der Waals surface area contributed by atoms with Crippen molar-refractivity contribution < 1.29 is 5.11 Å². The Labute approximate surface area is 177 Å². The molecule has 0 amide bonds. The first kappa shape index (κ1) is 21.0. The van der Waals surface area contributed by atoms with Gasteiger partial charge in [-0.3, -0.25) is 13.9 Å². The number of nitrogens with zero attached hydrogens (tertiary/aromatic N) is 3. The SMILES string of the molecule is Cc1ccc(N=C(SCc2ccccc2Cl)c2c(O)n(C)c(=O)n(C)c2=O)cc1. The molecule has 150 valence electrons. The molecular weight excluding hydrogens is 410 g/mol. The van der Waals surface area contributed by atoms with Crippen LogP contribution in [0.15, 0.2) is 63.1 Å². The second kappa shape index (κ2) is 8.71. The summed E-state index contributed by atoms with van der Waals surface area (Å²) in [4.78, 5) is 29.5. The zero-order valence-corrected chi connectivity index (χ0v) is 17.8. The van der Waals surface area contributed by atoms with Crippen molar-refractivity contribution in [2.45, 2.75) is 12.7 Å². The molecule has 0 spiro atoms. The van der Waals surface area contributed by atoms with E-state index in [1.165, 1.54) is 25.9 Å². The van der Waals surface area contributed by atoms with Crippen LogP contribution in [0, 0.1) is 6.92 Å². The molecule has 2 aromatic carbocycles. The second-order valence-electron chi connectivity index (χ2n) is 6.54. The van der Waals surface area contributed by atoms with Crippen molar-refractivity contribution in [1.82, 2.24) is 9.13 Å². The summed E-state index contributed by atoms with van der Waals surface area (Å²) in [5, 5.41) is 11.5. The third-order valence-corrected chi connectivity index (χ3v) is 5.83. The van der Waals surface area contributed by atoms with Crippen LogP contribution in [0.5, 0.6) is 5.88 Å². The minimum atomic E-state index is -0.609. The maximum absolute atomic E-state index is 12.8.